The summed E-state index contributed by atoms with van der Waals surface area (Å²) >= 11 is 10.9. The van der Waals surface area contributed by atoms with Gasteiger partial charge in [0.25, 0.3) is 5.91 Å². The number of anilines is 1. The number of nitrogens with one attached hydrogen (secondary N) is 1. The zero-order chi connectivity index (χ0) is 15.7. The quantitative estimate of drug-likeness (QED) is 0.855. The molecule has 0 radical (unpaired) electrons. The lowest BCUT2D eigenvalue weighted by atomic mass is 10.00. The number of carbonyl (C=O) groups is 1. The van der Waals surface area contributed by atoms with Gasteiger partial charge >= 0.3 is 0 Å². The van der Waals surface area contributed by atoms with E-state index < -0.39 is 0 Å². The van der Waals surface area contributed by atoms with Crippen molar-refractivity contribution in [2.75, 3.05) is 24.5 Å². The van der Waals surface area contributed by atoms with Crippen molar-refractivity contribution in [1.29, 1.82) is 0 Å². The van der Waals surface area contributed by atoms with Gasteiger partial charge in [-0.05, 0) is 28.9 Å². The van der Waals surface area contributed by atoms with Gasteiger partial charge in [-0.15, -0.1) is 11.3 Å². The van der Waals surface area contributed by atoms with Crippen LogP contribution in [0.2, 0.25) is 5.02 Å². The molecule has 2 aromatic heterocycles. The minimum absolute atomic E-state index is 0.0433. The molecule has 8 heteroatoms. The van der Waals surface area contributed by atoms with E-state index in [-0.39, 0.29) is 5.91 Å². The van der Waals surface area contributed by atoms with Crippen molar-refractivity contribution in [1.82, 2.24) is 15.3 Å². The molecule has 3 rings (SSSR count). The van der Waals surface area contributed by atoms with Gasteiger partial charge in [-0.1, -0.05) is 11.6 Å². The van der Waals surface area contributed by atoms with Crippen molar-refractivity contribution in [3.05, 3.63) is 37.8 Å². The normalized spacial score (nSPS) is 14.8. The molecule has 0 saturated carbocycles. The molecule has 5 nitrogen and oxygen atoms in total. The summed E-state index contributed by atoms with van der Waals surface area (Å²) in [6.07, 6.45) is 1.74. The van der Waals surface area contributed by atoms with Gasteiger partial charge in [0.05, 0.1) is 16.2 Å². The highest BCUT2D eigenvalue weighted by Gasteiger charge is 2.29. The Morgan fingerprint density at radius 1 is 1.55 bits per heavy atom. The Kier molecular flexibility index (Phi) is 4.65. The maximum Gasteiger partial charge on any atom is 0.263 e. The molecular weight excluding hydrogens is 388 g/mol. The predicted molar refractivity (Wildman–Crippen MR) is 91.8 cm³/mol. The number of halogens is 2. The van der Waals surface area contributed by atoms with E-state index in [0.29, 0.717) is 22.4 Å². The lowest BCUT2D eigenvalue weighted by Gasteiger charge is -2.40. The van der Waals surface area contributed by atoms with Crippen LogP contribution in [0.1, 0.15) is 15.4 Å². The number of pyridine rings is 1. The third-order valence-corrected chi connectivity index (χ3v) is 5.19. The standard InChI is InChI=1S/C14H14BrClN4OS/c1-8-12(22-7-19-8)14(21)18-3-9-5-20(6-9)13-11(16)2-10(15)4-17-13/h2,4,7,9H,3,5-6H2,1H3,(H,18,21). The van der Waals surface area contributed by atoms with Crippen LogP contribution in [-0.4, -0.2) is 35.5 Å². The smallest absolute Gasteiger partial charge is 0.263 e. The Bertz CT molecular complexity index is 702. The van der Waals surface area contributed by atoms with Gasteiger partial charge in [0.15, 0.2) is 0 Å². The largest absolute Gasteiger partial charge is 0.355 e. The molecule has 0 spiro atoms. The second kappa shape index (κ2) is 6.52. The number of carbonyl (C=O) groups excluding carboxylic acids is 1. The van der Waals surface area contributed by atoms with Crippen molar-refractivity contribution in [3.8, 4) is 0 Å². The van der Waals surface area contributed by atoms with E-state index in [1.165, 1.54) is 11.3 Å². The molecule has 1 amide bonds. The fraction of sp³-hybridized carbons (Fsp3) is 0.357. The van der Waals surface area contributed by atoms with Crippen LogP contribution in [0.4, 0.5) is 5.82 Å². The van der Waals surface area contributed by atoms with Crippen molar-refractivity contribution in [3.63, 3.8) is 0 Å². The van der Waals surface area contributed by atoms with Gasteiger partial charge in [0.1, 0.15) is 10.7 Å². The lowest BCUT2D eigenvalue weighted by Crippen LogP contribution is -2.52. The summed E-state index contributed by atoms with van der Waals surface area (Å²) in [5.41, 5.74) is 2.47. The first-order valence-corrected chi connectivity index (χ1v) is 8.84. The third kappa shape index (κ3) is 3.26. The molecule has 0 aliphatic carbocycles. The third-order valence-electron chi connectivity index (χ3n) is 3.55. The monoisotopic (exact) mass is 400 g/mol. The number of amides is 1. The van der Waals surface area contributed by atoms with Crippen molar-refractivity contribution in [2.24, 2.45) is 5.92 Å². The first-order valence-electron chi connectivity index (χ1n) is 6.79. The van der Waals surface area contributed by atoms with E-state index in [0.717, 1.165) is 29.1 Å². The average molecular weight is 402 g/mol. The number of aryl methyl sites for hydroxylation is 1. The van der Waals surface area contributed by atoms with Crippen molar-refractivity contribution >= 4 is 50.6 Å². The van der Waals surface area contributed by atoms with Crippen LogP contribution in [0.3, 0.4) is 0 Å². The molecule has 1 N–H and O–H groups in total. The summed E-state index contributed by atoms with van der Waals surface area (Å²) in [6, 6.07) is 1.84. The number of thiazole rings is 1. The summed E-state index contributed by atoms with van der Waals surface area (Å²) in [6.45, 7) is 4.19. The van der Waals surface area contributed by atoms with E-state index in [2.05, 4.69) is 36.1 Å². The molecular formula is C14H14BrClN4OS. The summed E-state index contributed by atoms with van der Waals surface area (Å²) in [5.74, 6) is 1.17. The van der Waals surface area contributed by atoms with Crippen LogP contribution in [0, 0.1) is 12.8 Å². The molecule has 1 fully saturated rings. The molecule has 0 unspecified atom stereocenters. The molecule has 1 aliphatic heterocycles. The number of hydrogen-bond acceptors (Lipinski definition) is 5. The predicted octanol–water partition coefficient (Wildman–Crippen LogP) is 3.13. The Balaban J connectivity index is 1.50. The lowest BCUT2D eigenvalue weighted by molar-refractivity contribution is 0.0948. The maximum absolute atomic E-state index is 12.0. The minimum atomic E-state index is -0.0433. The highest BCUT2D eigenvalue weighted by Crippen LogP contribution is 2.30. The van der Waals surface area contributed by atoms with Crippen molar-refractivity contribution < 1.29 is 4.79 Å². The topological polar surface area (TPSA) is 58.1 Å². The zero-order valence-corrected chi connectivity index (χ0v) is 15.0. The number of hydrogen-bond donors (Lipinski definition) is 1. The number of rotatable bonds is 4. The zero-order valence-electron chi connectivity index (χ0n) is 11.8. The van der Waals surface area contributed by atoms with Crippen LogP contribution in [0.5, 0.6) is 0 Å². The van der Waals surface area contributed by atoms with E-state index >= 15 is 0 Å². The van der Waals surface area contributed by atoms with Gasteiger partial charge in [-0.25, -0.2) is 9.97 Å². The van der Waals surface area contributed by atoms with Crippen LogP contribution in [0.25, 0.3) is 0 Å². The van der Waals surface area contributed by atoms with Gasteiger partial charge < -0.3 is 10.2 Å². The van der Waals surface area contributed by atoms with E-state index in [1.54, 1.807) is 11.7 Å². The van der Waals surface area contributed by atoms with Gasteiger partial charge in [0, 0.05) is 36.2 Å². The maximum atomic E-state index is 12.0. The Labute approximate surface area is 145 Å². The van der Waals surface area contributed by atoms with Gasteiger partial charge in [0.2, 0.25) is 0 Å². The Hall–Kier alpha value is -1.18. The van der Waals surface area contributed by atoms with Crippen molar-refractivity contribution in [2.45, 2.75) is 6.92 Å². The summed E-state index contributed by atoms with van der Waals surface area (Å²) in [7, 11) is 0. The minimum Gasteiger partial charge on any atom is -0.355 e. The molecule has 0 aromatic carbocycles. The van der Waals surface area contributed by atoms with Gasteiger partial charge in [-0.2, -0.15) is 0 Å². The first-order chi connectivity index (χ1) is 10.5. The molecule has 0 bridgehead atoms. The summed E-state index contributed by atoms with van der Waals surface area (Å²) in [5, 5.41) is 3.60. The second-order valence-corrected chi connectivity index (χ2v) is 7.38. The Morgan fingerprint density at radius 2 is 2.32 bits per heavy atom. The molecule has 1 saturated heterocycles. The van der Waals surface area contributed by atoms with Crippen LogP contribution >= 0.6 is 38.9 Å². The fourth-order valence-electron chi connectivity index (χ4n) is 2.35. The average Bonchev–Trinajstić information content (AvgIpc) is 2.85. The molecule has 22 heavy (non-hydrogen) atoms. The van der Waals surface area contributed by atoms with Crippen LogP contribution < -0.4 is 10.2 Å². The highest BCUT2D eigenvalue weighted by molar-refractivity contribution is 9.10. The molecule has 1 aliphatic rings. The summed E-state index contributed by atoms with van der Waals surface area (Å²) < 4.78 is 0.866. The SMILES string of the molecule is Cc1ncsc1C(=O)NCC1CN(c2ncc(Br)cc2Cl)C1. The highest BCUT2D eigenvalue weighted by atomic mass is 79.9. The van der Waals surface area contributed by atoms with Crippen LogP contribution in [0.15, 0.2) is 22.2 Å². The molecule has 2 aromatic rings. The van der Waals surface area contributed by atoms with E-state index in [1.807, 2.05) is 13.0 Å². The molecule has 116 valence electrons. The number of nitrogens with zero attached hydrogens (tertiary/aromatic N) is 3. The summed E-state index contributed by atoms with van der Waals surface area (Å²) in [4.78, 5) is 23.2. The fourth-order valence-corrected chi connectivity index (χ4v) is 3.82. The second-order valence-electron chi connectivity index (χ2n) is 5.21. The molecule has 0 atom stereocenters. The van der Waals surface area contributed by atoms with Gasteiger partial charge in [-0.3, -0.25) is 4.79 Å². The first kappa shape index (κ1) is 15.7. The molecule has 3 heterocycles. The van der Waals surface area contributed by atoms with E-state index in [9.17, 15) is 4.79 Å². The number of aromatic nitrogens is 2. The van der Waals surface area contributed by atoms with E-state index in [4.69, 9.17) is 11.6 Å². The Morgan fingerprint density at radius 3 is 2.95 bits per heavy atom. The van der Waals surface area contributed by atoms with Crippen LogP contribution in [-0.2, 0) is 0 Å².